The van der Waals surface area contributed by atoms with Crippen molar-refractivity contribution < 1.29 is 4.79 Å². The molecule has 0 aliphatic carbocycles. The quantitative estimate of drug-likeness (QED) is 0.840. The maximum Gasteiger partial charge on any atom is 0.253 e. The molecule has 1 amide bonds. The molecule has 2 aromatic rings. The Kier molecular flexibility index (Phi) is 3.80. The zero-order valence-corrected chi connectivity index (χ0v) is 11.0. The van der Waals surface area contributed by atoms with Gasteiger partial charge in [0.05, 0.1) is 0 Å². The summed E-state index contributed by atoms with van der Waals surface area (Å²) in [6.45, 7) is 1.79. The first kappa shape index (κ1) is 13.1. The van der Waals surface area contributed by atoms with Crippen molar-refractivity contribution in [2.45, 2.75) is 13.5 Å². The fourth-order valence-electron chi connectivity index (χ4n) is 1.83. The number of pyridine rings is 1. The number of carbonyl (C=O) groups excluding carboxylic acids is 1. The molecule has 0 bridgehead atoms. The van der Waals surface area contributed by atoms with Crippen molar-refractivity contribution in [2.75, 3.05) is 11.9 Å². The standard InChI is InChI=1S/C15H16N2O2/c1-12-7-6-10-17(15(12)19)11-14(18)16(2)13-8-4-3-5-9-13/h3-10H,11H2,1-2H3. The summed E-state index contributed by atoms with van der Waals surface area (Å²) in [5.74, 6) is -0.126. The van der Waals surface area contributed by atoms with Gasteiger partial charge >= 0.3 is 0 Å². The van der Waals surface area contributed by atoms with Crippen LogP contribution in [0.25, 0.3) is 0 Å². The van der Waals surface area contributed by atoms with Gasteiger partial charge in [0.25, 0.3) is 5.56 Å². The maximum atomic E-state index is 12.1. The predicted octanol–water partition coefficient (Wildman–Crippen LogP) is 1.82. The maximum absolute atomic E-state index is 12.1. The van der Waals surface area contributed by atoms with Crippen LogP contribution in [0.2, 0.25) is 0 Å². The Morgan fingerprint density at radius 1 is 1.16 bits per heavy atom. The minimum absolute atomic E-state index is 0.0475. The van der Waals surface area contributed by atoms with E-state index in [1.807, 2.05) is 30.3 Å². The van der Waals surface area contributed by atoms with Gasteiger partial charge in [0.1, 0.15) is 6.54 Å². The number of hydrogen-bond donors (Lipinski definition) is 0. The van der Waals surface area contributed by atoms with Crippen molar-refractivity contribution in [1.82, 2.24) is 4.57 Å². The van der Waals surface area contributed by atoms with Crippen LogP contribution >= 0.6 is 0 Å². The number of para-hydroxylation sites is 1. The smallest absolute Gasteiger partial charge is 0.253 e. The van der Waals surface area contributed by atoms with E-state index in [0.717, 1.165) is 5.69 Å². The molecule has 1 heterocycles. The average molecular weight is 256 g/mol. The van der Waals surface area contributed by atoms with Gasteiger partial charge in [-0.1, -0.05) is 24.3 Å². The molecule has 0 spiro atoms. The number of rotatable bonds is 3. The molecular weight excluding hydrogens is 240 g/mol. The summed E-state index contributed by atoms with van der Waals surface area (Å²) in [5.41, 5.74) is 1.32. The van der Waals surface area contributed by atoms with E-state index in [2.05, 4.69) is 0 Å². The van der Waals surface area contributed by atoms with E-state index >= 15 is 0 Å². The molecule has 0 aliphatic rings. The minimum Gasteiger partial charge on any atom is -0.314 e. The Bertz CT molecular complexity index is 632. The van der Waals surface area contributed by atoms with Gasteiger partial charge < -0.3 is 9.47 Å². The largest absolute Gasteiger partial charge is 0.314 e. The summed E-state index contributed by atoms with van der Waals surface area (Å²) in [6, 6.07) is 12.9. The second-order valence-corrected chi connectivity index (χ2v) is 4.41. The average Bonchev–Trinajstić information content (AvgIpc) is 2.44. The number of aryl methyl sites for hydroxylation is 1. The third-order valence-corrected chi connectivity index (χ3v) is 3.03. The van der Waals surface area contributed by atoms with Crippen LogP contribution in [-0.2, 0) is 11.3 Å². The number of benzene rings is 1. The summed E-state index contributed by atoms with van der Waals surface area (Å²) in [6.07, 6.45) is 1.63. The van der Waals surface area contributed by atoms with Crippen molar-refractivity contribution in [3.05, 3.63) is 64.6 Å². The molecule has 1 aromatic carbocycles. The molecular formula is C15H16N2O2. The van der Waals surface area contributed by atoms with E-state index in [1.54, 1.807) is 37.2 Å². The van der Waals surface area contributed by atoms with Crippen molar-refractivity contribution in [1.29, 1.82) is 0 Å². The summed E-state index contributed by atoms with van der Waals surface area (Å²) < 4.78 is 1.43. The zero-order valence-electron chi connectivity index (χ0n) is 11.0. The zero-order chi connectivity index (χ0) is 13.8. The van der Waals surface area contributed by atoms with Gasteiger partial charge in [-0.15, -0.1) is 0 Å². The first-order chi connectivity index (χ1) is 9.09. The van der Waals surface area contributed by atoms with E-state index in [1.165, 1.54) is 4.57 Å². The number of likely N-dealkylation sites (N-methyl/N-ethyl adjacent to an activating group) is 1. The SMILES string of the molecule is Cc1cccn(CC(=O)N(C)c2ccccc2)c1=O. The lowest BCUT2D eigenvalue weighted by atomic mass is 10.3. The van der Waals surface area contributed by atoms with Crippen molar-refractivity contribution >= 4 is 11.6 Å². The number of nitrogens with zero attached hydrogens (tertiary/aromatic N) is 2. The molecule has 0 N–H and O–H groups in total. The van der Waals surface area contributed by atoms with Crippen molar-refractivity contribution in [2.24, 2.45) is 0 Å². The number of carbonyl (C=O) groups is 1. The van der Waals surface area contributed by atoms with Gasteiger partial charge in [-0.2, -0.15) is 0 Å². The third kappa shape index (κ3) is 2.91. The third-order valence-electron chi connectivity index (χ3n) is 3.03. The van der Waals surface area contributed by atoms with Gasteiger partial charge in [0, 0.05) is 24.5 Å². The van der Waals surface area contributed by atoms with Gasteiger partial charge in [-0.3, -0.25) is 9.59 Å². The highest BCUT2D eigenvalue weighted by molar-refractivity contribution is 5.92. The number of aromatic nitrogens is 1. The predicted molar refractivity (Wildman–Crippen MR) is 75.3 cm³/mol. The second kappa shape index (κ2) is 5.52. The highest BCUT2D eigenvalue weighted by Crippen LogP contribution is 2.11. The fraction of sp³-hybridized carbons (Fsp3) is 0.200. The Hall–Kier alpha value is -2.36. The molecule has 19 heavy (non-hydrogen) atoms. The Morgan fingerprint density at radius 2 is 1.84 bits per heavy atom. The summed E-state index contributed by atoms with van der Waals surface area (Å²) >= 11 is 0. The molecule has 2 rings (SSSR count). The lowest BCUT2D eigenvalue weighted by Crippen LogP contribution is -2.34. The number of anilines is 1. The minimum atomic E-state index is -0.127. The Labute approximate surface area is 111 Å². The van der Waals surface area contributed by atoms with Gasteiger partial charge in [0.2, 0.25) is 5.91 Å². The highest BCUT2D eigenvalue weighted by Gasteiger charge is 2.12. The van der Waals surface area contributed by atoms with Crippen LogP contribution in [-0.4, -0.2) is 17.5 Å². The topological polar surface area (TPSA) is 42.3 Å². The molecule has 0 unspecified atom stereocenters. The first-order valence-electron chi connectivity index (χ1n) is 6.07. The highest BCUT2D eigenvalue weighted by atomic mass is 16.2. The molecule has 0 saturated carbocycles. The van der Waals surface area contributed by atoms with Crippen molar-refractivity contribution in [3.8, 4) is 0 Å². The number of hydrogen-bond acceptors (Lipinski definition) is 2. The van der Waals surface area contributed by atoms with Gasteiger partial charge in [-0.05, 0) is 25.1 Å². The van der Waals surface area contributed by atoms with Crippen LogP contribution in [0.5, 0.6) is 0 Å². The Morgan fingerprint density at radius 3 is 2.53 bits per heavy atom. The lowest BCUT2D eigenvalue weighted by molar-refractivity contribution is -0.118. The molecule has 98 valence electrons. The van der Waals surface area contributed by atoms with Crippen LogP contribution in [0, 0.1) is 6.92 Å². The van der Waals surface area contributed by atoms with Crippen LogP contribution < -0.4 is 10.5 Å². The van der Waals surface area contributed by atoms with Gasteiger partial charge in [0.15, 0.2) is 0 Å². The molecule has 4 heteroatoms. The van der Waals surface area contributed by atoms with E-state index in [4.69, 9.17) is 0 Å². The normalized spacial score (nSPS) is 10.2. The Balaban J connectivity index is 2.18. The molecule has 0 radical (unpaired) electrons. The molecule has 0 atom stereocenters. The molecule has 4 nitrogen and oxygen atoms in total. The molecule has 0 saturated heterocycles. The first-order valence-corrected chi connectivity index (χ1v) is 6.07. The van der Waals surface area contributed by atoms with E-state index < -0.39 is 0 Å². The monoisotopic (exact) mass is 256 g/mol. The van der Waals surface area contributed by atoms with Crippen molar-refractivity contribution in [3.63, 3.8) is 0 Å². The molecule has 0 aliphatic heterocycles. The summed E-state index contributed by atoms with van der Waals surface area (Å²) in [4.78, 5) is 25.5. The second-order valence-electron chi connectivity index (χ2n) is 4.41. The lowest BCUT2D eigenvalue weighted by Gasteiger charge is -2.18. The van der Waals surface area contributed by atoms with Gasteiger partial charge in [-0.25, -0.2) is 0 Å². The van der Waals surface area contributed by atoms with Crippen LogP contribution in [0.1, 0.15) is 5.56 Å². The molecule has 0 fully saturated rings. The number of amides is 1. The summed E-state index contributed by atoms with van der Waals surface area (Å²) in [7, 11) is 1.71. The van der Waals surface area contributed by atoms with E-state index in [0.29, 0.717) is 5.56 Å². The summed E-state index contributed by atoms with van der Waals surface area (Å²) in [5, 5.41) is 0. The fourth-order valence-corrected chi connectivity index (χ4v) is 1.83. The molecule has 1 aromatic heterocycles. The van der Waals surface area contributed by atoms with Crippen LogP contribution in [0.4, 0.5) is 5.69 Å². The van der Waals surface area contributed by atoms with E-state index in [-0.39, 0.29) is 18.0 Å². The van der Waals surface area contributed by atoms with Crippen LogP contribution in [0.15, 0.2) is 53.5 Å². The van der Waals surface area contributed by atoms with E-state index in [9.17, 15) is 9.59 Å². The van der Waals surface area contributed by atoms with Crippen LogP contribution in [0.3, 0.4) is 0 Å².